The number of aryl methyl sites for hydroxylation is 1. The minimum atomic E-state index is -0.103. The zero-order chi connectivity index (χ0) is 18.8. The van der Waals surface area contributed by atoms with Gasteiger partial charge in [-0.25, -0.2) is 15.0 Å². The molecule has 4 rings (SSSR count). The molecule has 1 aliphatic carbocycles. The Morgan fingerprint density at radius 1 is 1.22 bits per heavy atom. The van der Waals surface area contributed by atoms with Crippen LogP contribution in [0.4, 0.5) is 5.95 Å². The van der Waals surface area contributed by atoms with Crippen LogP contribution < -0.4 is 10.2 Å². The average Bonchev–Trinajstić information content (AvgIpc) is 3.22. The highest BCUT2D eigenvalue weighted by Gasteiger charge is 2.24. The molecule has 138 valence electrons. The van der Waals surface area contributed by atoms with Gasteiger partial charge in [-0.1, -0.05) is 12.1 Å². The maximum absolute atomic E-state index is 12.7. The minimum absolute atomic E-state index is 0.0635. The van der Waals surface area contributed by atoms with E-state index in [0.717, 1.165) is 36.1 Å². The Labute approximate surface area is 157 Å². The second-order valence-corrected chi connectivity index (χ2v) is 6.80. The van der Waals surface area contributed by atoms with E-state index in [1.165, 1.54) is 6.33 Å². The molecule has 0 unspecified atom stereocenters. The monoisotopic (exact) mass is 363 g/mol. The largest absolute Gasteiger partial charge is 0.347 e. The highest BCUT2D eigenvalue weighted by atomic mass is 16.1. The summed E-state index contributed by atoms with van der Waals surface area (Å²) in [7, 11) is 3.85. The van der Waals surface area contributed by atoms with Gasteiger partial charge in [0.2, 0.25) is 5.95 Å². The molecular formula is C19H21N7O. The van der Waals surface area contributed by atoms with Gasteiger partial charge in [0, 0.05) is 37.0 Å². The zero-order valence-electron chi connectivity index (χ0n) is 15.3. The Bertz CT molecular complexity index is 935. The van der Waals surface area contributed by atoms with E-state index < -0.39 is 0 Å². The Morgan fingerprint density at radius 3 is 2.74 bits per heavy atom. The zero-order valence-corrected chi connectivity index (χ0v) is 15.3. The number of nitrogens with one attached hydrogen (secondary N) is 2. The highest BCUT2D eigenvalue weighted by Crippen LogP contribution is 2.29. The summed E-state index contributed by atoms with van der Waals surface area (Å²) in [6.45, 7) is 0. The van der Waals surface area contributed by atoms with Crippen LogP contribution in [0.5, 0.6) is 0 Å². The van der Waals surface area contributed by atoms with Crippen molar-refractivity contribution in [2.24, 2.45) is 0 Å². The molecule has 0 saturated heterocycles. The number of amides is 1. The van der Waals surface area contributed by atoms with Gasteiger partial charge in [0.1, 0.15) is 6.33 Å². The second-order valence-electron chi connectivity index (χ2n) is 6.80. The fourth-order valence-corrected chi connectivity index (χ4v) is 3.27. The van der Waals surface area contributed by atoms with Crippen molar-refractivity contribution in [3.05, 3.63) is 53.6 Å². The molecule has 1 aliphatic rings. The lowest BCUT2D eigenvalue weighted by Crippen LogP contribution is -2.31. The summed E-state index contributed by atoms with van der Waals surface area (Å²) in [4.78, 5) is 27.7. The highest BCUT2D eigenvalue weighted by molar-refractivity contribution is 5.94. The molecule has 0 radical (unpaired) electrons. The van der Waals surface area contributed by atoms with Crippen LogP contribution in [-0.4, -0.2) is 45.2 Å². The lowest BCUT2D eigenvalue weighted by Gasteiger charge is -2.26. The van der Waals surface area contributed by atoms with Crippen molar-refractivity contribution in [1.82, 2.24) is 30.5 Å². The van der Waals surface area contributed by atoms with Crippen LogP contribution in [0, 0.1) is 0 Å². The van der Waals surface area contributed by atoms with Crippen molar-refractivity contribution in [3.63, 3.8) is 0 Å². The standard InChI is InChI=1S/C19H21N7O/c1-26(2)19-20-10-14-15(4-3-5-16(14)24-19)23-18(27)13-8-6-12(7-9-13)17-21-11-22-25-17/h6-11,15H,3-5H2,1-2H3,(H,23,27)(H,21,22,25)/t15-/m1/s1. The quantitative estimate of drug-likeness (QED) is 0.737. The molecule has 8 heteroatoms. The number of H-pyrrole nitrogens is 1. The molecule has 3 aromatic rings. The van der Waals surface area contributed by atoms with Crippen molar-refractivity contribution < 1.29 is 4.79 Å². The van der Waals surface area contributed by atoms with Gasteiger partial charge in [0.05, 0.1) is 11.7 Å². The fraction of sp³-hybridized carbons (Fsp3) is 0.316. The summed E-state index contributed by atoms with van der Waals surface area (Å²) in [6, 6.07) is 7.24. The average molecular weight is 363 g/mol. The number of benzene rings is 1. The molecule has 1 amide bonds. The minimum Gasteiger partial charge on any atom is -0.347 e. The molecule has 0 spiro atoms. The Balaban J connectivity index is 1.50. The maximum Gasteiger partial charge on any atom is 0.251 e. The van der Waals surface area contributed by atoms with E-state index in [4.69, 9.17) is 0 Å². The van der Waals surface area contributed by atoms with Crippen LogP contribution in [0.3, 0.4) is 0 Å². The van der Waals surface area contributed by atoms with Crippen LogP contribution in [0.25, 0.3) is 11.4 Å². The smallest absolute Gasteiger partial charge is 0.251 e. The number of fused-ring (bicyclic) bond motifs is 1. The summed E-state index contributed by atoms with van der Waals surface area (Å²) in [5.41, 5.74) is 3.53. The van der Waals surface area contributed by atoms with Gasteiger partial charge in [-0.15, -0.1) is 0 Å². The van der Waals surface area contributed by atoms with Crippen molar-refractivity contribution in [1.29, 1.82) is 0 Å². The molecule has 2 heterocycles. The number of nitrogens with zero attached hydrogens (tertiary/aromatic N) is 5. The van der Waals surface area contributed by atoms with Gasteiger partial charge in [-0.2, -0.15) is 5.10 Å². The van der Waals surface area contributed by atoms with Crippen LogP contribution in [0.15, 0.2) is 36.8 Å². The van der Waals surface area contributed by atoms with E-state index in [-0.39, 0.29) is 11.9 Å². The van der Waals surface area contributed by atoms with Crippen molar-refractivity contribution >= 4 is 11.9 Å². The molecule has 0 aliphatic heterocycles. The number of rotatable bonds is 4. The first-order valence-corrected chi connectivity index (χ1v) is 8.91. The first-order chi connectivity index (χ1) is 13.1. The number of aromatic nitrogens is 5. The number of anilines is 1. The van der Waals surface area contributed by atoms with Gasteiger partial charge in [-0.3, -0.25) is 9.89 Å². The van der Waals surface area contributed by atoms with Gasteiger partial charge in [-0.05, 0) is 31.4 Å². The molecule has 0 saturated carbocycles. The van der Waals surface area contributed by atoms with Gasteiger partial charge < -0.3 is 10.2 Å². The van der Waals surface area contributed by atoms with Crippen molar-refractivity contribution in [2.45, 2.75) is 25.3 Å². The molecule has 0 fully saturated rings. The fourth-order valence-electron chi connectivity index (χ4n) is 3.27. The first-order valence-electron chi connectivity index (χ1n) is 8.91. The third-order valence-electron chi connectivity index (χ3n) is 4.71. The van der Waals surface area contributed by atoms with E-state index in [0.29, 0.717) is 17.3 Å². The Morgan fingerprint density at radius 2 is 2.04 bits per heavy atom. The molecule has 1 aromatic carbocycles. The first kappa shape index (κ1) is 17.1. The summed E-state index contributed by atoms with van der Waals surface area (Å²) in [5, 5.41) is 9.78. The number of hydrogen-bond donors (Lipinski definition) is 2. The van der Waals surface area contributed by atoms with Crippen molar-refractivity contribution in [3.8, 4) is 11.4 Å². The van der Waals surface area contributed by atoms with Gasteiger partial charge in [0.25, 0.3) is 5.91 Å². The van der Waals surface area contributed by atoms with Gasteiger partial charge in [0.15, 0.2) is 5.82 Å². The number of hydrogen-bond acceptors (Lipinski definition) is 6. The molecule has 27 heavy (non-hydrogen) atoms. The second kappa shape index (κ2) is 7.14. The van der Waals surface area contributed by atoms with E-state index in [9.17, 15) is 4.79 Å². The third kappa shape index (κ3) is 3.51. The van der Waals surface area contributed by atoms with Crippen LogP contribution in [-0.2, 0) is 6.42 Å². The summed E-state index contributed by atoms with van der Waals surface area (Å²) < 4.78 is 0. The summed E-state index contributed by atoms with van der Waals surface area (Å²) >= 11 is 0. The Hall–Kier alpha value is -3.29. The van der Waals surface area contributed by atoms with Crippen LogP contribution >= 0.6 is 0 Å². The molecule has 2 N–H and O–H groups in total. The molecule has 1 atom stereocenters. The topological polar surface area (TPSA) is 99.7 Å². The maximum atomic E-state index is 12.7. The third-order valence-corrected chi connectivity index (χ3v) is 4.71. The Kier molecular flexibility index (Phi) is 4.53. The molecular weight excluding hydrogens is 342 g/mol. The summed E-state index contributed by atoms with van der Waals surface area (Å²) in [5.74, 6) is 1.27. The predicted octanol–water partition coefficient (Wildman–Crippen LogP) is 2.14. The molecule has 0 bridgehead atoms. The molecule has 8 nitrogen and oxygen atoms in total. The van der Waals surface area contributed by atoms with Crippen molar-refractivity contribution in [2.75, 3.05) is 19.0 Å². The number of carbonyl (C=O) groups is 1. The van der Waals surface area contributed by atoms with E-state index in [1.54, 1.807) is 12.1 Å². The number of aromatic amines is 1. The van der Waals surface area contributed by atoms with E-state index in [2.05, 4.69) is 30.5 Å². The van der Waals surface area contributed by atoms with E-state index in [1.807, 2.05) is 37.3 Å². The predicted molar refractivity (Wildman–Crippen MR) is 101 cm³/mol. The number of carbonyl (C=O) groups excluding carboxylic acids is 1. The lowest BCUT2D eigenvalue weighted by molar-refractivity contribution is 0.0932. The van der Waals surface area contributed by atoms with Gasteiger partial charge >= 0.3 is 0 Å². The SMILES string of the molecule is CN(C)c1ncc2c(n1)CCC[C@H]2NC(=O)c1ccc(-c2ncn[nH]2)cc1. The van der Waals surface area contributed by atoms with Crippen LogP contribution in [0.1, 0.15) is 40.5 Å². The van der Waals surface area contributed by atoms with Crippen LogP contribution in [0.2, 0.25) is 0 Å². The lowest BCUT2D eigenvalue weighted by atomic mass is 9.92. The molecule has 2 aromatic heterocycles. The normalized spacial score (nSPS) is 15.9. The van der Waals surface area contributed by atoms with E-state index >= 15 is 0 Å². The summed E-state index contributed by atoms with van der Waals surface area (Å²) in [6.07, 6.45) is 6.10.